The van der Waals surface area contributed by atoms with Gasteiger partial charge in [0.15, 0.2) is 66.4 Å². The van der Waals surface area contributed by atoms with Crippen molar-refractivity contribution in [2.45, 2.75) is 223 Å². The number of aromatic nitrogens is 15. The molecule has 0 amide bonds. The minimum atomic E-state index is -4.38. The molecule has 6 aromatic heterocycles. The summed E-state index contributed by atoms with van der Waals surface area (Å²) in [7, 11) is 0. The van der Waals surface area contributed by atoms with E-state index in [0.29, 0.717) is 11.8 Å². The summed E-state index contributed by atoms with van der Waals surface area (Å²) in [4.78, 5) is 24.5. The number of anilines is 3. The van der Waals surface area contributed by atoms with Crippen molar-refractivity contribution in [3.8, 4) is 0 Å². The Morgan fingerprint density at radius 1 is 0.472 bits per heavy atom. The lowest BCUT2D eigenvalue weighted by Gasteiger charge is -2.17. The summed E-state index contributed by atoms with van der Waals surface area (Å²) in [5.74, 6) is -10.2. The molecule has 0 radical (unpaired) electrons. The summed E-state index contributed by atoms with van der Waals surface area (Å²) in [6.07, 6.45) is -61.3. The average molecular weight is 1600 g/mol. The van der Waals surface area contributed by atoms with E-state index in [1.54, 1.807) is 0 Å². The van der Waals surface area contributed by atoms with Crippen LogP contribution >= 0.6 is 35.3 Å². The van der Waals surface area contributed by atoms with Crippen LogP contribution in [0.5, 0.6) is 0 Å². The Balaban J connectivity index is 0.000000189. The molecule has 36 heteroatoms. The van der Waals surface area contributed by atoms with E-state index in [9.17, 15) is 59.1 Å². The Labute approximate surface area is 693 Å². The fraction of sp³-hybridized carbons (Fsp3) is 0.583. The zero-order valence-electron chi connectivity index (χ0n) is 99.6. The molecule has 6 fully saturated rings. The first-order valence-electron chi connectivity index (χ1n) is 53.2. The van der Waals surface area contributed by atoms with Gasteiger partial charge in [-0.05, 0) is 111 Å². The summed E-state index contributed by atoms with van der Waals surface area (Å²) in [5, 5.41) is 123. The molecule has 0 saturated heterocycles. The van der Waals surface area contributed by atoms with Gasteiger partial charge in [0.05, 0.1) is 100 Å². The Morgan fingerprint density at radius 3 is 1.13 bits per heavy atom. The second kappa shape index (κ2) is 35.1. The van der Waals surface area contributed by atoms with Gasteiger partial charge in [-0.3, -0.25) is 0 Å². The lowest BCUT2D eigenvalue weighted by atomic mass is 10.1. The maximum atomic E-state index is 14.5. The molecule has 0 bridgehead atoms. The molecule has 6 aliphatic rings. The van der Waals surface area contributed by atoms with Gasteiger partial charge in [-0.2, -0.15) is 0 Å². The van der Waals surface area contributed by atoms with Crippen molar-refractivity contribution in [2.75, 3.05) is 72.6 Å². The monoisotopic (exact) mass is 1600 g/mol. The van der Waals surface area contributed by atoms with Crippen LogP contribution in [-0.4, -0.2) is 250 Å². The van der Waals surface area contributed by atoms with Crippen molar-refractivity contribution in [1.82, 2.24) is 74.9 Å². The highest BCUT2D eigenvalue weighted by Gasteiger charge is 2.49. The third kappa shape index (κ3) is 17.5. The predicted octanol–water partition coefficient (Wildman–Crippen LogP) is 6.55. The molecule has 12 N–H and O–H groups in total. The molecular weight excluding hydrogens is 1460 g/mol. The molecule has 18 atom stereocenters. The maximum Gasteiger partial charge on any atom is 0.191 e. The molecule has 6 heterocycles. The molecular formula is C72H93F3N18O12S3. The van der Waals surface area contributed by atoms with E-state index in [0.717, 1.165) is 32.0 Å². The molecule has 0 spiro atoms. The summed E-state index contributed by atoms with van der Waals surface area (Å²) in [5.41, 5.74) is -11.5. The summed E-state index contributed by atoms with van der Waals surface area (Å²) < 4.78 is 417. The zero-order chi connectivity index (χ0) is 115. The van der Waals surface area contributed by atoms with E-state index >= 15 is 0 Å². The number of aliphatic hydroxyl groups is 9. The fourth-order valence-electron chi connectivity index (χ4n) is 10.1. The first-order valence-corrected chi connectivity index (χ1v) is 34.1. The second-order valence-corrected chi connectivity index (χ2v) is 25.1. The first-order chi connectivity index (χ1) is 67.7. The quantitative estimate of drug-likeness (QED) is 0.0168. The van der Waals surface area contributed by atoms with Crippen LogP contribution in [0.25, 0.3) is 33.5 Å². The number of hydrogen-bond acceptors (Lipinski definition) is 30. The molecule has 6 saturated carbocycles. The van der Waals surface area contributed by atoms with E-state index in [1.807, 2.05) is 0 Å². The Kier molecular flexibility index (Phi) is 13.4. The highest BCUT2D eigenvalue weighted by molar-refractivity contribution is 7.99. The third-order valence-electron chi connectivity index (χ3n) is 15.6. The number of halogens is 3. The van der Waals surface area contributed by atoms with Gasteiger partial charge in [-0.25, -0.2) is 57.1 Å². The number of rotatable bonds is 30. The largest absolute Gasteiger partial charge is 0.394 e. The number of thioether (sulfide) groups is 3. The fourth-order valence-corrected chi connectivity index (χ4v) is 11.6. The normalized spacial score (nSPS) is 47.5. The van der Waals surface area contributed by atoms with Crippen molar-refractivity contribution >= 4 is 86.2 Å². The van der Waals surface area contributed by atoms with E-state index in [4.69, 9.17) is 68.4 Å². The highest BCUT2D eigenvalue weighted by atomic mass is 32.2. The third-order valence-corrected chi connectivity index (χ3v) is 17.7. The molecule has 582 valence electrons. The minimum absolute atomic E-state index is 0.0148. The summed E-state index contributed by atoms with van der Waals surface area (Å²) >= 11 is 0.504. The summed E-state index contributed by atoms with van der Waals surface area (Å²) in [6, 6.07) is -5.20. The number of ether oxygens (including phenoxy) is 3. The van der Waals surface area contributed by atoms with Gasteiger partial charge in [-0.1, -0.05) is 108 Å². The van der Waals surface area contributed by atoms with Crippen molar-refractivity contribution in [2.24, 2.45) is 0 Å². The lowest BCUT2D eigenvalue weighted by Crippen LogP contribution is -2.33. The number of nitrogens with zero attached hydrogens (tertiary/aromatic N) is 15. The van der Waals surface area contributed by atoms with Crippen LogP contribution in [0.1, 0.15) is 206 Å². The maximum absolute atomic E-state index is 14.5. The van der Waals surface area contributed by atoms with Gasteiger partial charge in [0.1, 0.15) is 53.9 Å². The predicted molar refractivity (Wildman–Crippen MR) is 398 cm³/mol. The minimum Gasteiger partial charge on any atom is -0.394 e. The Hall–Kier alpha value is -7.14. The van der Waals surface area contributed by atoms with E-state index in [-0.39, 0.29) is 77.4 Å². The SMILES string of the molecule is [2H]C([2H])(C)C([2H])([2H])Sc1nc(N[C@@H]2C([2H])([2H])[C@@]2([2H])c2ccc(C)c(F)c2)c2nnn([C@]3([2H])C([2H])([2H])[C@]([2H])(OCCO)[C@@]([2H])(O)[C@@]3([2H])O)c2n1.[2H]C([2H])(CC)Sc1nc(N[C@@H]2C([2H])([2H])[C@@]2([2H])c2ccc(C)c(F)c2)c2nnn([C@]3([2H])C([2H])([2H])[C@]([2H])(OC([2H])([2H])C([2H])([2H])O)[C@@]([2H])(O)[C@@]3([2H])O)c2n1.[2H]C([2H])(O)CO[C@@]1([2H])C([2H])([2H])[C@@]([2H])(n2nnc3c(N[C@@H]4C([2H])([2H])[C@@]4([2H])c4ccc(C)c(F)c4)nc(SC([2H])([2H])C([2H])([2H])C)nc32)[C@]([2H])(O)[C@]1([2H])O. The first kappa shape index (κ1) is 41.4. The number of benzene rings is 3. The highest BCUT2D eigenvalue weighted by Crippen LogP contribution is 2.48. The molecule has 9 aromatic rings. The van der Waals surface area contributed by atoms with Crippen LogP contribution in [0, 0.1) is 38.2 Å². The van der Waals surface area contributed by atoms with Crippen LogP contribution < -0.4 is 16.0 Å². The van der Waals surface area contributed by atoms with Crippen LogP contribution in [0.3, 0.4) is 0 Å². The van der Waals surface area contributed by atoms with Crippen molar-refractivity contribution in [3.63, 3.8) is 0 Å². The molecule has 0 unspecified atom stereocenters. The molecule has 15 rings (SSSR count). The number of nitrogens with one attached hydrogen (secondary N) is 3. The van der Waals surface area contributed by atoms with Crippen molar-refractivity contribution in [3.05, 3.63) is 105 Å². The van der Waals surface area contributed by atoms with Crippen LogP contribution in [0.4, 0.5) is 30.6 Å². The van der Waals surface area contributed by atoms with Crippen LogP contribution in [0.2, 0.25) is 0 Å². The van der Waals surface area contributed by atoms with Crippen LogP contribution in [0.15, 0.2) is 70.1 Å². The van der Waals surface area contributed by atoms with Gasteiger partial charge in [0.25, 0.3) is 0 Å². The number of fused-ring (bicyclic) bond motifs is 3. The smallest absolute Gasteiger partial charge is 0.191 e. The van der Waals surface area contributed by atoms with E-state index in [1.165, 1.54) is 64.1 Å². The lowest BCUT2D eigenvalue weighted by molar-refractivity contribution is -0.0629. The summed E-state index contributed by atoms with van der Waals surface area (Å²) in [6.45, 7) is -7.07. The van der Waals surface area contributed by atoms with Gasteiger partial charge in [0, 0.05) is 106 Å². The van der Waals surface area contributed by atoms with Crippen molar-refractivity contribution < 1.29 is 132 Å². The number of aryl methyl sites for hydroxylation is 3. The molecule has 6 aliphatic carbocycles. The Morgan fingerprint density at radius 2 is 0.815 bits per heavy atom. The van der Waals surface area contributed by atoms with E-state index in [2.05, 4.69) is 81.5 Å². The van der Waals surface area contributed by atoms with Crippen molar-refractivity contribution in [1.29, 1.82) is 0 Å². The van der Waals surface area contributed by atoms with Gasteiger partial charge in [0.2, 0.25) is 0 Å². The number of hydrogen-bond donors (Lipinski definition) is 12. The standard InChI is InChI=1S/3C24H31FN6O4S/c3*1-3-8-36-24-27-22(26-16-10-14(16)13-5-4-12(2)15(25)9-13)19-23(28-24)31(30-29-19)17-11-18(35-7-6-32)21(34)20(17)33/h3*4-5,9,14,16-18,20-21,32-34H,3,6-8,10-11H2,1-2H3,(H,26,27,28)/t3*14-,16+,17+,18-,20-,21+/m000/s1/i6D2,7D2,8D2,10D2,11D2,14D,17D,18D,20D,21D;3D2,6D2,8D2,10D2,11D2,14D,17D,18D,20D,21D;3D2,8D2,10D2,11D2,14D,17D,18D,20D,21D. The molecule has 3 aromatic carbocycles. The van der Waals surface area contributed by atoms with E-state index < -0.39 is 300 Å². The van der Waals surface area contributed by atoms with Gasteiger partial charge in [-0.15, -0.1) is 15.3 Å². The second-order valence-electron chi connectivity index (χ2n) is 22.7. The molecule has 30 nitrogen and oxygen atoms in total. The van der Waals surface area contributed by atoms with Gasteiger partial charge >= 0.3 is 0 Å². The average Bonchev–Trinajstić information content (AvgIpc) is 1.48. The molecule has 0 aliphatic heterocycles. The molecule has 108 heavy (non-hydrogen) atoms. The Bertz CT molecular complexity index is 6870. The topological polar surface area (TPSA) is 415 Å². The van der Waals surface area contributed by atoms with Gasteiger partial charge < -0.3 is 76.1 Å². The zero-order valence-corrected chi connectivity index (χ0v) is 59.0. The number of aliphatic hydroxyl groups excluding tert-OH is 1. The van der Waals surface area contributed by atoms with Crippen LogP contribution in [-0.2, 0) is 14.2 Å².